The Hall–Kier alpha value is -1.15. The van der Waals surface area contributed by atoms with E-state index in [-0.39, 0.29) is 16.6 Å². The van der Waals surface area contributed by atoms with Gasteiger partial charge in [-0.2, -0.15) is 0 Å². The number of halogens is 1. The number of anilines is 1. The van der Waals surface area contributed by atoms with Gasteiger partial charge in [-0.15, -0.1) is 11.3 Å². The van der Waals surface area contributed by atoms with E-state index in [4.69, 9.17) is 17.3 Å². The van der Waals surface area contributed by atoms with Crippen LogP contribution in [0.3, 0.4) is 0 Å². The number of benzene rings is 1. The van der Waals surface area contributed by atoms with Gasteiger partial charge in [-0.25, -0.2) is 18.1 Å². The van der Waals surface area contributed by atoms with Crippen LogP contribution in [0.15, 0.2) is 34.7 Å². The third kappa shape index (κ3) is 3.29. The Morgan fingerprint density at radius 3 is 2.80 bits per heavy atom. The van der Waals surface area contributed by atoms with Crippen LogP contribution >= 0.6 is 22.9 Å². The van der Waals surface area contributed by atoms with Gasteiger partial charge in [0.2, 0.25) is 10.0 Å². The fraction of sp³-hybridized carbons (Fsp3) is 0.250. The molecule has 8 heteroatoms. The molecule has 0 radical (unpaired) electrons. The highest BCUT2D eigenvalue weighted by atomic mass is 35.5. The van der Waals surface area contributed by atoms with Crippen LogP contribution in [0.2, 0.25) is 5.02 Å². The number of nitrogen functional groups attached to an aromatic ring is 1. The van der Waals surface area contributed by atoms with Crippen molar-refractivity contribution in [3.8, 4) is 0 Å². The summed E-state index contributed by atoms with van der Waals surface area (Å²) in [5.41, 5.74) is 5.87. The van der Waals surface area contributed by atoms with Gasteiger partial charge in [0.1, 0.15) is 5.01 Å². The number of nitrogens with one attached hydrogen (secondary N) is 1. The Morgan fingerprint density at radius 2 is 2.25 bits per heavy atom. The van der Waals surface area contributed by atoms with Gasteiger partial charge in [0, 0.05) is 11.6 Å². The van der Waals surface area contributed by atoms with Crippen molar-refractivity contribution in [1.82, 2.24) is 9.71 Å². The average Bonchev–Trinajstić information content (AvgIpc) is 2.93. The molecule has 108 valence electrons. The third-order valence-electron chi connectivity index (χ3n) is 2.73. The van der Waals surface area contributed by atoms with Gasteiger partial charge in [-0.05, 0) is 24.6 Å². The Balaban J connectivity index is 2.28. The van der Waals surface area contributed by atoms with Crippen molar-refractivity contribution in [2.45, 2.75) is 24.3 Å². The predicted molar refractivity (Wildman–Crippen MR) is 81.3 cm³/mol. The van der Waals surface area contributed by atoms with Crippen LogP contribution in [0.5, 0.6) is 0 Å². The van der Waals surface area contributed by atoms with E-state index in [2.05, 4.69) is 9.71 Å². The van der Waals surface area contributed by atoms with Crippen LogP contribution < -0.4 is 10.5 Å². The highest BCUT2D eigenvalue weighted by Gasteiger charge is 2.22. The van der Waals surface area contributed by atoms with Crippen LogP contribution in [0.25, 0.3) is 0 Å². The molecule has 20 heavy (non-hydrogen) atoms. The van der Waals surface area contributed by atoms with E-state index in [9.17, 15) is 8.42 Å². The minimum absolute atomic E-state index is 0.0920. The van der Waals surface area contributed by atoms with Crippen molar-refractivity contribution in [2.24, 2.45) is 0 Å². The summed E-state index contributed by atoms with van der Waals surface area (Å²) in [4.78, 5) is 4.23. The average molecular weight is 332 g/mol. The number of nitrogens with two attached hydrogens (primary N) is 1. The molecule has 0 saturated heterocycles. The van der Waals surface area contributed by atoms with Gasteiger partial charge < -0.3 is 5.73 Å². The molecule has 0 amide bonds. The highest BCUT2D eigenvalue weighted by Crippen LogP contribution is 2.25. The second-order valence-corrected chi connectivity index (χ2v) is 7.18. The van der Waals surface area contributed by atoms with Crippen molar-refractivity contribution in [1.29, 1.82) is 0 Å². The van der Waals surface area contributed by atoms with Crippen molar-refractivity contribution in [3.63, 3.8) is 0 Å². The Bertz CT molecular complexity index is 687. The van der Waals surface area contributed by atoms with E-state index in [1.54, 1.807) is 6.20 Å². The lowest BCUT2D eigenvalue weighted by Crippen LogP contribution is -2.28. The Labute approximate surface area is 126 Å². The van der Waals surface area contributed by atoms with Crippen molar-refractivity contribution < 1.29 is 8.42 Å². The summed E-state index contributed by atoms with van der Waals surface area (Å²) in [5.74, 6) is 0. The number of sulfonamides is 1. The molecule has 2 rings (SSSR count). The normalized spacial score (nSPS) is 13.3. The largest absolute Gasteiger partial charge is 0.397 e. The molecule has 2 aromatic rings. The molecule has 0 spiro atoms. The summed E-state index contributed by atoms with van der Waals surface area (Å²) < 4.78 is 27.3. The van der Waals surface area contributed by atoms with Gasteiger partial charge in [-0.1, -0.05) is 18.5 Å². The highest BCUT2D eigenvalue weighted by molar-refractivity contribution is 7.89. The van der Waals surface area contributed by atoms with Crippen molar-refractivity contribution in [2.75, 3.05) is 5.73 Å². The van der Waals surface area contributed by atoms with E-state index in [1.165, 1.54) is 29.5 Å². The molecule has 0 saturated carbocycles. The number of hydrogen-bond acceptors (Lipinski definition) is 5. The third-order valence-corrected chi connectivity index (χ3v) is 5.44. The maximum Gasteiger partial charge on any atom is 0.241 e. The molecule has 3 N–H and O–H groups in total. The monoisotopic (exact) mass is 331 g/mol. The number of thiazole rings is 1. The molecule has 1 unspecified atom stereocenters. The predicted octanol–water partition coefficient (Wildman–Crippen LogP) is 2.81. The number of hydrogen-bond donors (Lipinski definition) is 2. The summed E-state index contributed by atoms with van der Waals surface area (Å²) in [7, 11) is -3.66. The lowest BCUT2D eigenvalue weighted by Gasteiger charge is -2.15. The molecule has 1 aromatic heterocycles. The van der Waals surface area contributed by atoms with Crippen molar-refractivity contribution >= 4 is 38.6 Å². The molecular formula is C12H14ClN3O2S2. The van der Waals surface area contributed by atoms with Crippen LogP contribution in [0.4, 0.5) is 5.69 Å². The first-order valence-corrected chi connectivity index (χ1v) is 8.65. The van der Waals surface area contributed by atoms with Gasteiger partial charge >= 0.3 is 0 Å². The van der Waals surface area contributed by atoms with E-state index < -0.39 is 10.0 Å². The minimum Gasteiger partial charge on any atom is -0.397 e. The zero-order chi connectivity index (χ0) is 14.8. The molecule has 5 nitrogen and oxygen atoms in total. The zero-order valence-corrected chi connectivity index (χ0v) is 13.1. The fourth-order valence-corrected chi connectivity index (χ4v) is 3.94. The first-order chi connectivity index (χ1) is 9.44. The van der Waals surface area contributed by atoms with Gasteiger partial charge in [-0.3, -0.25) is 0 Å². The maximum atomic E-state index is 12.3. The zero-order valence-electron chi connectivity index (χ0n) is 10.7. The summed E-state index contributed by atoms with van der Waals surface area (Å²) in [6.07, 6.45) is 2.26. The van der Waals surface area contributed by atoms with Crippen LogP contribution in [0, 0.1) is 0 Å². The van der Waals surface area contributed by atoms with E-state index in [1.807, 2.05) is 12.3 Å². The molecule has 0 aliphatic rings. The van der Waals surface area contributed by atoms with Crippen LogP contribution in [0.1, 0.15) is 24.4 Å². The fourth-order valence-electron chi connectivity index (χ4n) is 1.66. The van der Waals surface area contributed by atoms with Gasteiger partial charge in [0.25, 0.3) is 0 Å². The molecule has 0 aliphatic carbocycles. The quantitative estimate of drug-likeness (QED) is 0.825. The van der Waals surface area contributed by atoms with E-state index in [0.29, 0.717) is 11.4 Å². The number of nitrogens with zero attached hydrogens (tertiary/aromatic N) is 1. The van der Waals surface area contributed by atoms with Crippen molar-refractivity contribution in [3.05, 3.63) is 39.8 Å². The van der Waals surface area contributed by atoms with Gasteiger partial charge in [0.05, 0.1) is 21.6 Å². The number of rotatable bonds is 5. The lowest BCUT2D eigenvalue weighted by molar-refractivity contribution is 0.549. The summed E-state index contributed by atoms with van der Waals surface area (Å²) in [6, 6.07) is 3.89. The summed E-state index contributed by atoms with van der Waals surface area (Å²) >= 11 is 7.21. The van der Waals surface area contributed by atoms with Gasteiger partial charge in [0.15, 0.2) is 0 Å². The molecule has 0 aliphatic heterocycles. The molecule has 0 fully saturated rings. The maximum absolute atomic E-state index is 12.3. The Morgan fingerprint density at radius 1 is 1.50 bits per heavy atom. The second kappa shape index (κ2) is 6.09. The SMILES string of the molecule is CCC(NS(=O)(=O)c1ccc(Cl)c(N)c1)c1nccs1. The topological polar surface area (TPSA) is 85.1 Å². The van der Waals surface area contributed by atoms with Crippen LogP contribution in [-0.2, 0) is 10.0 Å². The first-order valence-electron chi connectivity index (χ1n) is 5.90. The molecule has 1 atom stereocenters. The summed E-state index contributed by atoms with van der Waals surface area (Å²) in [5, 5.41) is 2.88. The van der Waals surface area contributed by atoms with E-state index >= 15 is 0 Å². The first kappa shape index (κ1) is 15.2. The smallest absolute Gasteiger partial charge is 0.241 e. The standard InChI is InChI=1S/C12H14ClN3O2S2/c1-2-11(12-15-5-6-19-12)16-20(17,18)8-3-4-9(13)10(14)7-8/h3-7,11,16H,2,14H2,1H3. The van der Waals surface area contributed by atoms with Crippen LogP contribution in [-0.4, -0.2) is 13.4 Å². The van der Waals surface area contributed by atoms with E-state index in [0.717, 1.165) is 5.01 Å². The lowest BCUT2D eigenvalue weighted by atomic mass is 10.3. The minimum atomic E-state index is -3.66. The second-order valence-electron chi connectivity index (χ2n) is 4.14. The molecule has 0 bridgehead atoms. The summed E-state index contributed by atoms with van der Waals surface area (Å²) in [6.45, 7) is 1.89. The number of aromatic nitrogens is 1. The molecule has 1 aromatic carbocycles. The Kier molecular flexibility index (Phi) is 4.64. The molecule has 1 heterocycles. The molecular weight excluding hydrogens is 318 g/mol.